The van der Waals surface area contributed by atoms with E-state index in [0.29, 0.717) is 5.69 Å². The van der Waals surface area contributed by atoms with Crippen LogP contribution >= 0.6 is 0 Å². The Morgan fingerprint density at radius 1 is 1.33 bits per heavy atom. The van der Waals surface area contributed by atoms with Crippen LogP contribution in [0.3, 0.4) is 0 Å². The summed E-state index contributed by atoms with van der Waals surface area (Å²) < 4.78 is 12.7. The van der Waals surface area contributed by atoms with Gasteiger partial charge in [-0.15, -0.1) is 5.10 Å². The van der Waals surface area contributed by atoms with Crippen molar-refractivity contribution in [3.05, 3.63) is 11.4 Å². The van der Waals surface area contributed by atoms with Crippen LogP contribution in [-0.2, 0) is 9.47 Å². The van der Waals surface area contributed by atoms with Crippen LogP contribution in [0.25, 0.3) is 0 Å². The minimum atomic E-state index is -0.528. The number of rotatable bonds is 3. The minimum absolute atomic E-state index is 0.243. The highest BCUT2D eigenvalue weighted by Crippen LogP contribution is 2.30. The van der Waals surface area contributed by atoms with Gasteiger partial charge in [0.15, 0.2) is 5.69 Å². The maximum Gasteiger partial charge on any atom is 0.361 e. The second kappa shape index (κ2) is 6.13. The fourth-order valence-corrected chi connectivity index (χ4v) is 2.76. The van der Waals surface area contributed by atoms with Crippen molar-refractivity contribution >= 4 is 5.97 Å². The van der Waals surface area contributed by atoms with Crippen LogP contribution in [0.15, 0.2) is 0 Å². The van der Waals surface area contributed by atoms with Gasteiger partial charge < -0.3 is 9.47 Å². The van der Waals surface area contributed by atoms with E-state index < -0.39 is 11.6 Å². The number of esters is 1. The lowest BCUT2D eigenvalue weighted by atomic mass is 9.93. The van der Waals surface area contributed by atoms with Crippen molar-refractivity contribution in [2.75, 3.05) is 7.11 Å². The van der Waals surface area contributed by atoms with Gasteiger partial charge in [-0.1, -0.05) is 5.21 Å². The predicted octanol–water partition coefficient (Wildman–Crippen LogP) is 2.67. The van der Waals surface area contributed by atoms with E-state index in [4.69, 9.17) is 9.47 Å². The van der Waals surface area contributed by atoms with E-state index in [2.05, 4.69) is 10.3 Å². The maximum atomic E-state index is 12.1. The molecule has 1 aromatic rings. The first kappa shape index (κ1) is 15.9. The molecule has 0 amide bonds. The summed E-state index contributed by atoms with van der Waals surface area (Å²) >= 11 is 0. The molecule has 1 aliphatic rings. The summed E-state index contributed by atoms with van der Waals surface area (Å²) in [7, 11) is 1.74. The standard InChI is InChI=1S/C15H25N3O3/c1-10-13(14(19)21-15(2,3)4)16-17-18(10)11-7-6-8-12(9-11)20-5/h11-12H,6-9H2,1-5H3. The number of hydrogen-bond donors (Lipinski definition) is 0. The van der Waals surface area contributed by atoms with Gasteiger partial charge in [0, 0.05) is 7.11 Å². The predicted molar refractivity (Wildman–Crippen MR) is 78.2 cm³/mol. The molecule has 6 heteroatoms. The molecule has 0 saturated heterocycles. The summed E-state index contributed by atoms with van der Waals surface area (Å²) in [5.74, 6) is -0.412. The van der Waals surface area contributed by atoms with Crippen molar-refractivity contribution in [2.45, 2.75) is 71.1 Å². The van der Waals surface area contributed by atoms with Crippen molar-refractivity contribution in [2.24, 2.45) is 0 Å². The lowest BCUT2D eigenvalue weighted by Crippen LogP contribution is -2.26. The third-order valence-corrected chi connectivity index (χ3v) is 3.80. The second-order valence-corrected chi connectivity index (χ2v) is 6.65. The van der Waals surface area contributed by atoms with Crippen molar-refractivity contribution in [3.63, 3.8) is 0 Å². The lowest BCUT2D eigenvalue weighted by Gasteiger charge is -2.28. The van der Waals surface area contributed by atoms with Crippen LogP contribution in [-0.4, -0.2) is 39.8 Å². The molecule has 0 radical (unpaired) electrons. The number of ether oxygens (including phenoxy) is 2. The monoisotopic (exact) mass is 295 g/mol. The van der Waals surface area contributed by atoms with Crippen LogP contribution in [0.4, 0.5) is 0 Å². The zero-order chi connectivity index (χ0) is 15.6. The van der Waals surface area contributed by atoms with Gasteiger partial charge in [-0.3, -0.25) is 0 Å². The highest BCUT2D eigenvalue weighted by atomic mass is 16.6. The molecule has 2 unspecified atom stereocenters. The first-order valence-corrected chi connectivity index (χ1v) is 7.49. The van der Waals surface area contributed by atoms with E-state index in [1.165, 1.54) is 0 Å². The zero-order valence-corrected chi connectivity index (χ0v) is 13.5. The number of nitrogens with zero attached hydrogens (tertiary/aromatic N) is 3. The molecule has 0 aliphatic heterocycles. The Hall–Kier alpha value is -1.43. The van der Waals surface area contributed by atoms with Crippen molar-refractivity contribution in [3.8, 4) is 0 Å². The van der Waals surface area contributed by atoms with E-state index in [-0.39, 0.29) is 12.1 Å². The first-order valence-electron chi connectivity index (χ1n) is 7.49. The topological polar surface area (TPSA) is 66.2 Å². The van der Waals surface area contributed by atoms with Crippen LogP contribution < -0.4 is 0 Å². The fourth-order valence-electron chi connectivity index (χ4n) is 2.76. The average Bonchev–Trinajstić information content (AvgIpc) is 2.79. The lowest BCUT2D eigenvalue weighted by molar-refractivity contribution is 0.00618. The summed E-state index contributed by atoms with van der Waals surface area (Å²) in [6.07, 6.45) is 4.40. The van der Waals surface area contributed by atoms with E-state index in [1.807, 2.05) is 32.4 Å². The Morgan fingerprint density at radius 2 is 2.05 bits per heavy atom. The van der Waals surface area contributed by atoms with Crippen LogP contribution in [0.2, 0.25) is 0 Å². The summed E-state index contributed by atoms with van der Waals surface area (Å²) in [6.45, 7) is 7.40. The molecule has 0 aromatic carbocycles. The van der Waals surface area contributed by atoms with E-state index in [1.54, 1.807) is 7.11 Å². The Kier molecular flexibility index (Phi) is 4.66. The first-order chi connectivity index (χ1) is 9.81. The number of aromatic nitrogens is 3. The van der Waals surface area contributed by atoms with Gasteiger partial charge in [-0.25, -0.2) is 9.48 Å². The molecule has 118 valence electrons. The van der Waals surface area contributed by atoms with E-state index >= 15 is 0 Å². The fraction of sp³-hybridized carbons (Fsp3) is 0.800. The molecular formula is C15H25N3O3. The Bertz CT molecular complexity index is 505. The normalized spacial score (nSPS) is 23.1. The molecule has 1 heterocycles. The molecule has 1 aromatic heterocycles. The quantitative estimate of drug-likeness (QED) is 0.802. The van der Waals surface area contributed by atoms with E-state index in [9.17, 15) is 4.79 Å². The summed E-state index contributed by atoms with van der Waals surface area (Å²) in [6, 6.07) is 0.243. The second-order valence-electron chi connectivity index (χ2n) is 6.65. The largest absolute Gasteiger partial charge is 0.455 e. The van der Waals surface area contributed by atoms with Crippen LogP contribution in [0.5, 0.6) is 0 Å². The maximum absolute atomic E-state index is 12.1. The smallest absolute Gasteiger partial charge is 0.361 e. The number of hydrogen-bond acceptors (Lipinski definition) is 5. The van der Waals surface area contributed by atoms with Gasteiger partial charge in [0.05, 0.1) is 17.8 Å². The Balaban J connectivity index is 2.15. The number of carbonyl (C=O) groups is 1. The van der Waals surface area contributed by atoms with Gasteiger partial charge >= 0.3 is 5.97 Å². The van der Waals surface area contributed by atoms with Crippen molar-refractivity contribution in [1.82, 2.24) is 15.0 Å². The molecule has 6 nitrogen and oxygen atoms in total. The third-order valence-electron chi connectivity index (χ3n) is 3.80. The molecule has 2 atom stereocenters. The third kappa shape index (κ3) is 3.81. The molecule has 21 heavy (non-hydrogen) atoms. The Labute approximate surface area is 125 Å². The van der Waals surface area contributed by atoms with Gasteiger partial charge in [0.2, 0.25) is 0 Å². The SMILES string of the molecule is COC1CCCC(n2nnc(C(=O)OC(C)(C)C)c2C)C1. The van der Waals surface area contributed by atoms with E-state index in [0.717, 1.165) is 31.4 Å². The highest BCUT2D eigenvalue weighted by molar-refractivity contribution is 5.88. The summed E-state index contributed by atoms with van der Waals surface area (Å²) in [5, 5.41) is 8.19. The number of methoxy groups -OCH3 is 1. The van der Waals surface area contributed by atoms with Crippen LogP contribution in [0, 0.1) is 6.92 Å². The molecule has 2 rings (SSSR count). The van der Waals surface area contributed by atoms with Crippen LogP contribution in [0.1, 0.15) is 68.7 Å². The molecule has 0 spiro atoms. The van der Waals surface area contributed by atoms with Gasteiger partial charge in [0.1, 0.15) is 5.60 Å². The highest BCUT2D eigenvalue weighted by Gasteiger charge is 2.29. The Morgan fingerprint density at radius 3 is 2.67 bits per heavy atom. The number of carbonyl (C=O) groups excluding carboxylic acids is 1. The minimum Gasteiger partial charge on any atom is -0.455 e. The molecule has 1 saturated carbocycles. The molecule has 0 bridgehead atoms. The van der Waals surface area contributed by atoms with Crippen molar-refractivity contribution < 1.29 is 14.3 Å². The average molecular weight is 295 g/mol. The van der Waals surface area contributed by atoms with Gasteiger partial charge in [0.25, 0.3) is 0 Å². The summed E-state index contributed by atoms with van der Waals surface area (Å²) in [4.78, 5) is 12.1. The van der Waals surface area contributed by atoms with Gasteiger partial charge in [-0.2, -0.15) is 0 Å². The van der Waals surface area contributed by atoms with Gasteiger partial charge in [-0.05, 0) is 53.4 Å². The zero-order valence-electron chi connectivity index (χ0n) is 13.5. The molecule has 0 N–H and O–H groups in total. The molecule has 1 fully saturated rings. The molecule has 1 aliphatic carbocycles. The molecular weight excluding hydrogens is 270 g/mol. The van der Waals surface area contributed by atoms with Crippen molar-refractivity contribution in [1.29, 1.82) is 0 Å². The summed E-state index contributed by atoms with van der Waals surface area (Å²) in [5.41, 5.74) is 0.551.